The van der Waals surface area contributed by atoms with Gasteiger partial charge in [0, 0.05) is 18.8 Å². The van der Waals surface area contributed by atoms with E-state index < -0.39 is 0 Å². The zero-order valence-corrected chi connectivity index (χ0v) is 12.1. The van der Waals surface area contributed by atoms with Crippen molar-refractivity contribution in [2.24, 2.45) is 0 Å². The molecule has 2 rings (SSSR count). The number of benzene rings is 1. The van der Waals surface area contributed by atoms with Crippen LogP contribution in [0.25, 0.3) is 0 Å². The van der Waals surface area contributed by atoms with Gasteiger partial charge in [0.1, 0.15) is 0 Å². The largest absolute Gasteiger partial charge is 0.349 e. The van der Waals surface area contributed by atoms with Crippen LogP contribution in [0.4, 0.5) is 5.69 Å². The summed E-state index contributed by atoms with van der Waals surface area (Å²) in [5.41, 5.74) is 2.49. The first-order valence-corrected chi connectivity index (χ1v) is 7.27. The molecule has 0 aromatic heterocycles. The minimum absolute atomic E-state index is 0.629. The fraction of sp³-hybridized carbons (Fsp3) is 0.533. The summed E-state index contributed by atoms with van der Waals surface area (Å²) < 4.78 is 0. The van der Waals surface area contributed by atoms with E-state index in [9.17, 15) is 0 Å². The molecule has 1 fully saturated rings. The van der Waals surface area contributed by atoms with E-state index in [2.05, 4.69) is 48.3 Å². The average Bonchev–Trinajstić information content (AvgIpc) is 2.92. The molecule has 3 heteroatoms. The Bertz CT molecular complexity index is 393. The van der Waals surface area contributed by atoms with Crippen LogP contribution in [0.15, 0.2) is 24.3 Å². The molecular weight excluding hydrogens is 240 g/mol. The first kappa shape index (κ1) is 13.3. The Hall–Kier alpha value is -1.09. The second-order valence-corrected chi connectivity index (χ2v) is 5.44. The van der Waals surface area contributed by atoms with Gasteiger partial charge < -0.3 is 10.2 Å². The highest BCUT2D eigenvalue weighted by molar-refractivity contribution is 7.80. The molecule has 0 radical (unpaired) electrons. The molecular formula is C15H22N2S. The van der Waals surface area contributed by atoms with Crippen molar-refractivity contribution in [2.45, 2.75) is 39.0 Å². The van der Waals surface area contributed by atoms with E-state index in [4.69, 9.17) is 12.2 Å². The highest BCUT2D eigenvalue weighted by Crippen LogP contribution is 2.21. The monoisotopic (exact) mass is 262 g/mol. The molecule has 0 saturated carbocycles. The molecule has 1 saturated heterocycles. The summed E-state index contributed by atoms with van der Waals surface area (Å²) in [6.07, 6.45) is 3.70. The van der Waals surface area contributed by atoms with Gasteiger partial charge in [0.15, 0.2) is 5.11 Å². The van der Waals surface area contributed by atoms with E-state index >= 15 is 0 Å². The molecule has 98 valence electrons. The highest BCUT2D eigenvalue weighted by Gasteiger charge is 2.14. The van der Waals surface area contributed by atoms with Crippen LogP contribution >= 0.6 is 12.2 Å². The van der Waals surface area contributed by atoms with Gasteiger partial charge in [-0.1, -0.05) is 26.0 Å². The van der Waals surface area contributed by atoms with Crippen molar-refractivity contribution in [3.8, 4) is 0 Å². The first-order chi connectivity index (χ1) is 8.70. The minimum Gasteiger partial charge on any atom is -0.349 e. The first-order valence-electron chi connectivity index (χ1n) is 6.86. The molecule has 0 bridgehead atoms. The van der Waals surface area contributed by atoms with Crippen LogP contribution in [-0.2, 0) is 0 Å². The van der Waals surface area contributed by atoms with E-state index in [0.717, 1.165) is 23.9 Å². The van der Waals surface area contributed by atoms with Gasteiger partial charge in [-0.15, -0.1) is 0 Å². The molecule has 1 atom stereocenters. The quantitative estimate of drug-likeness (QED) is 0.829. The summed E-state index contributed by atoms with van der Waals surface area (Å²) in [5.74, 6) is 0.629. The van der Waals surface area contributed by atoms with Crippen LogP contribution in [0.3, 0.4) is 0 Å². The molecule has 1 aromatic carbocycles. The summed E-state index contributed by atoms with van der Waals surface area (Å²) in [6, 6.07) is 8.65. The predicted octanol–water partition coefficient (Wildman–Crippen LogP) is 3.99. The lowest BCUT2D eigenvalue weighted by molar-refractivity contribution is 0.528. The Morgan fingerprint density at radius 2 is 1.89 bits per heavy atom. The van der Waals surface area contributed by atoms with Crippen molar-refractivity contribution in [1.29, 1.82) is 0 Å². The zero-order valence-electron chi connectivity index (χ0n) is 11.3. The third-order valence-electron chi connectivity index (χ3n) is 3.74. The molecule has 0 spiro atoms. The van der Waals surface area contributed by atoms with E-state index in [0.29, 0.717) is 5.92 Å². The van der Waals surface area contributed by atoms with Gasteiger partial charge in [0.25, 0.3) is 0 Å². The summed E-state index contributed by atoms with van der Waals surface area (Å²) in [7, 11) is 0. The Labute approximate surface area is 115 Å². The number of nitrogens with one attached hydrogen (secondary N) is 1. The number of hydrogen-bond donors (Lipinski definition) is 1. The van der Waals surface area contributed by atoms with Gasteiger partial charge in [-0.2, -0.15) is 0 Å². The lowest BCUT2D eigenvalue weighted by atomic mass is 9.99. The van der Waals surface area contributed by atoms with Gasteiger partial charge in [-0.3, -0.25) is 0 Å². The van der Waals surface area contributed by atoms with Gasteiger partial charge in [0.05, 0.1) is 0 Å². The maximum atomic E-state index is 5.42. The predicted molar refractivity (Wildman–Crippen MR) is 82.2 cm³/mol. The van der Waals surface area contributed by atoms with Crippen LogP contribution in [0.1, 0.15) is 44.6 Å². The number of rotatable bonds is 3. The van der Waals surface area contributed by atoms with Gasteiger partial charge in [-0.25, -0.2) is 0 Å². The molecule has 0 amide bonds. The number of hydrogen-bond acceptors (Lipinski definition) is 1. The topological polar surface area (TPSA) is 15.3 Å². The van der Waals surface area contributed by atoms with E-state index in [1.165, 1.54) is 24.8 Å². The zero-order chi connectivity index (χ0) is 13.0. The summed E-state index contributed by atoms with van der Waals surface area (Å²) >= 11 is 5.42. The van der Waals surface area contributed by atoms with Gasteiger partial charge >= 0.3 is 0 Å². The normalized spacial score (nSPS) is 16.7. The molecule has 2 nitrogen and oxygen atoms in total. The average molecular weight is 262 g/mol. The van der Waals surface area contributed by atoms with Crippen molar-refractivity contribution in [2.75, 3.05) is 18.4 Å². The lowest BCUT2D eigenvalue weighted by Gasteiger charge is -2.20. The standard InChI is InChI=1S/C15H22N2S/c1-3-12(2)13-6-8-14(9-7-13)16-15(18)17-10-4-5-11-17/h6-9,12H,3-5,10-11H2,1-2H3,(H,16,18)/t12-/m0/s1. The van der Waals surface area contributed by atoms with Crippen LogP contribution in [0, 0.1) is 0 Å². The van der Waals surface area contributed by atoms with E-state index in [1.807, 2.05) is 0 Å². The van der Waals surface area contributed by atoms with Crippen molar-refractivity contribution < 1.29 is 0 Å². The number of anilines is 1. The number of likely N-dealkylation sites (tertiary alicyclic amines) is 1. The maximum Gasteiger partial charge on any atom is 0.173 e. The van der Waals surface area contributed by atoms with Gasteiger partial charge in [0.2, 0.25) is 0 Å². The molecule has 1 N–H and O–H groups in total. The SMILES string of the molecule is CC[C@H](C)c1ccc(NC(=S)N2CCCC2)cc1. The maximum absolute atomic E-state index is 5.42. The molecule has 0 aliphatic carbocycles. The summed E-state index contributed by atoms with van der Waals surface area (Å²) in [5, 5.41) is 4.19. The molecule has 1 aromatic rings. The fourth-order valence-corrected chi connectivity index (χ4v) is 2.55. The summed E-state index contributed by atoms with van der Waals surface area (Å²) in [4.78, 5) is 2.25. The third-order valence-corrected chi connectivity index (χ3v) is 4.10. The number of nitrogens with zero attached hydrogens (tertiary/aromatic N) is 1. The Balaban J connectivity index is 1.95. The second kappa shape index (κ2) is 6.19. The number of thiocarbonyl (C=S) groups is 1. The highest BCUT2D eigenvalue weighted by atomic mass is 32.1. The van der Waals surface area contributed by atoms with E-state index in [1.54, 1.807) is 0 Å². The summed E-state index contributed by atoms with van der Waals surface area (Å²) in [6.45, 7) is 6.67. The van der Waals surface area contributed by atoms with Crippen LogP contribution < -0.4 is 5.32 Å². The molecule has 1 aliphatic rings. The third kappa shape index (κ3) is 3.22. The van der Waals surface area contributed by atoms with E-state index in [-0.39, 0.29) is 0 Å². The fourth-order valence-electron chi connectivity index (χ4n) is 2.25. The van der Waals surface area contributed by atoms with Crippen molar-refractivity contribution in [1.82, 2.24) is 4.90 Å². The Morgan fingerprint density at radius 3 is 2.44 bits per heavy atom. The van der Waals surface area contributed by atoms with Crippen molar-refractivity contribution in [3.63, 3.8) is 0 Å². The van der Waals surface area contributed by atoms with Crippen LogP contribution in [0.5, 0.6) is 0 Å². The Morgan fingerprint density at radius 1 is 1.28 bits per heavy atom. The minimum atomic E-state index is 0.629. The molecule has 1 heterocycles. The smallest absolute Gasteiger partial charge is 0.173 e. The molecule has 18 heavy (non-hydrogen) atoms. The van der Waals surface area contributed by atoms with Crippen molar-refractivity contribution in [3.05, 3.63) is 29.8 Å². The lowest BCUT2D eigenvalue weighted by Crippen LogP contribution is -2.31. The second-order valence-electron chi connectivity index (χ2n) is 5.06. The van der Waals surface area contributed by atoms with Crippen LogP contribution in [0.2, 0.25) is 0 Å². The van der Waals surface area contributed by atoms with Crippen LogP contribution in [-0.4, -0.2) is 23.1 Å². The Kier molecular flexibility index (Phi) is 4.59. The van der Waals surface area contributed by atoms with Gasteiger partial charge in [-0.05, 0) is 55.1 Å². The molecule has 1 aliphatic heterocycles. The molecule has 0 unspecified atom stereocenters. The van der Waals surface area contributed by atoms with Crippen molar-refractivity contribution >= 4 is 23.0 Å².